The van der Waals surface area contributed by atoms with E-state index in [1.807, 2.05) is 48.7 Å². The van der Waals surface area contributed by atoms with Crippen LogP contribution in [0.1, 0.15) is 15.9 Å². The molecule has 0 aliphatic heterocycles. The Morgan fingerprint density at radius 3 is 2.41 bits per heavy atom. The molecule has 160 valence electrons. The third kappa shape index (κ3) is 5.16. The van der Waals surface area contributed by atoms with E-state index in [0.29, 0.717) is 16.9 Å². The molecule has 0 aliphatic rings. The highest BCUT2D eigenvalue weighted by Gasteiger charge is 2.11. The lowest BCUT2D eigenvalue weighted by atomic mass is 10.1. The van der Waals surface area contributed by atoms with E-state index in [-0.39, 0.29) is 5.78 Å². The fourth-order valence-electron chi connectivity index (χ4n) is 3.13. The molecule has 0 unspecified atom stereocenters. The average molecular weight is 445 g/mol. The molecule has 0 saturated carbocycles. The maximum atomic E-state index is 12.7. The van der Waals surface area contributed by atoms with Crippen LogP contribution >= 0.6 is 0 Å². The number of carbonyl (C=O) groups excluding carboxylic acids is 1. The summed E-state index contributed by atoms with van der Waals surface area (Å²) in [7, 11) is -3.37. The Hall–Kier alpha value is -4.04. The molecule has 0 fully saturated rings. The molecule has 0 aliphatic carbocycles. The summed E-state index contributed by atoms with van der Waals surface area (Å²) in [6.07, 6.45) is 9.55. The molecule has 4 rings (SSSR count). The Morgan fingerprint density at radius 1 is 1.00 bits per heavy atom. The number of hydrogen-bond donors (Lipinski definition) is 1. The molecule has 2 aromatic heterocycles. The zero-order valence-electron chi connectivity index (χ0n) is 17.2. The van der Waals surface area contributed by atoms with Crippen molar-refractivity contribution >= 4 is 27.6 Å². The summed E-state index contributed by atoms with van der Waals surface area (Å²) >= 11 is 0. The Morgan fingerprint density at radius 2 is 1.75 bits per heavy atom. The molecular formula is C24H20N4O3S. The second-order valence-corrected chi connectivity index (χ2v) is 8.85. The van der Waals surface area contributed by atoms with Gasteiger partial charge < -0.3 is 0 Å². The lowest BCUT2D eigenvalue weighted by Crippen LogP contribution is -2.09. The molecule has 0 atom stereocenters. The number of pyridine rings is 1. The van der Waals surface area contributed by atoms with Gasteiger partial charge in [-0.15, -0.1) is 0 Å². The molecule has 1 N–H and O–H groups in total. The van der Waals surface area contributed by atoms with Crippen molar-refractivity contribution in [3.05, 3.63) is 103 Å². The SMILES string of the molecule is CS(=O)(=O)Nc1ccc(C(=O)C=Cc2cn(-c3ccccc3)nc2-c2cccnc2)cc1. The van der Waals surface area contributed by atoms with Gasteiger partial charge in [-0.25, -0.2) is 13.1 Å². The summed E-state index contributed by atoms with van der Waals surface area (Å²) < 4.78 is 26.8. The highest BCUT2D eigenvalue weighted by Crippen LogP contribution is 2.24. The highest BCUT2D eigenvalue weighted by atomic mass is 32.2. The smallest absolute Gasteiger partial charge is 0.229 e. The van der Waals surface area contributed by atoms with E-state index in [9.17, 15) is 13.2 Å². The fraction of sp³-hybridized carbons (Fsp3) is 0.0417. The van der Waals surface area contributed by atoms with Crippen molar-refractivity contribution in [1.82, 2.24) is 14.8 Å². The van der Waals surface area contributed by atoms with Gasteiger partial charge in [-0.1, -0.05) is 18.2 Å². The van der Waals surface area contributed by atoms with E-state index < -0.39 is 10.0 Å². The lowest BCUT2D eigenvalue weighted by Gasteiger charge is -2.04. The minimum absolute atomic E-state index is 0.208. The number of nitrogens with zero attached hydrogens (tertiary/aromatic N) is 3. The molecule has 0 spiro atoms. The van der Waals surface area contributed by atoms with Gasteiger partial charge in [0.2, 0.25) is 10.0 Å². The number of hydrogen-bond acceptors (Lipinski definition) is 5. The first-order valence-electron chi connectivity index (χ1n) is 9.75. The normalized spacial score (nSPS) is 11.5. The molecule has 4 aromatic rings. The number of benzene rings is 2. The van der Waals surface area contributed by atoms with Gasteiger partial charge in [-0.3, -0.25) is 14.5 Å². The van der Waals surface area contributed by atoms with E-state index in [1.165, 1.54) is 6.08 Å². The quantitative estimate of drug-likeness (QED) is 0.341. The van der Waals surface area contributed by atoms with Gasteiger partial charge in [0.25, 0.3) is 0 Å². The lowest BCUT2D eigenvalue weighted by molar-refractivity contribution is 0.104. The van der Waals surface area contributed by atoms with Crippen molar-refractivity contribution in [3.63, 3.8) is 0 Å². The molecule has 2 aromatic carbocycles. The standard InChI is InChI=1S/C24H20N4O3S/c1-32(30,31)27-21-12-9-18(10-13-21)23(29)14-11-20-17-28(22-7-3-2-4-8-22)26-24(20)19-6-5-15-25-16-19/h2-17,27H,1H3. The first kappa shape index (κ1) is 21.2. The molecular weight excluding hydrogens is 424 g/mol. The van der Waals surface area contributed by atoms with Crippen LogP contribution in [0.25, 0.3) is 23.0 Å². The first-order chi connectivity index (χ1) is 15.4. The van der Waals surface area contributed by atoms with Gasteiger partial charge in [-0.05, 0) is 60.7 Å². The van der Waals surface area contributed by atoms with Gasteiger partial charge in [0, 0.05) is 41.0 Å². The van der Waals surface area contributed by atoms with Crippen LogP contribution in [0.3, 0.4) is 0 Å². The predicted molar refractivity (Wildman–Crippen MR) is 125 cm³/mol. The molecule has 7 nitrogen and oxygen atoms in total. The van der Waals surface area contributed by atoms with Crippen LogP contribution in [0.5, 0.6) is 0 Å². The largest absolute Gasteiger partial charge is 0.289 e. The number of para-hydroxylation sites is 1. The molecule has 0 saturated heterocycles. The predicted octanol–water partition coefficient (Wildman–Crippen LogP) is 4.20. The Bertz CT molecular complexity index is 1360. The molecule has 32 heavy (non-hydrogen) atoms. The fourth-order valence-corrected chi connectivity index (χ4v) is 3.69. The van der Waals surface area contributed by atoms with E-state index in [2.05, 4.69) is 9.71 Å². The Balaban J connectivity index is 1.63. The monoisotopic (exact) mass is 444 g/mol. The summed E-state index contributed by atoms with van der Waals surface area (Å²) in [5, 5.41) is 4.70. The van der Waals surface area contributed by atoms with Crippen molar-refractivity contribution in [2.75, 3.05) is 11.0 Å². The van der Waals surface area contributed by atoms with Crippen LogP contribution in [-0.2, 0) is 10.0 Å². The number of carbonyl (C=O) groups is 1. The van der Waals surface area contributed by atoms with Crippen molar-refractivity contribution in [3.8, 4) is 16.9 Å². The summed E-state index contributed by atoms with van der Waals surface area (Å²) in [5.74, 6) is -0.208. The summed E-state index contributed by atoms with van der Waals surface area (Å²) in [4.78, 5) is 16.8. The Kier molecular flexibility index (Phi) is 5.96. The number of aromatic nitrogens is 3. The number of rotatable bonds is 7. The van der Waals surface area contributed by atoms with E-state index >= 15 is 0 Å². The Labute approximate surface area is 186 Å². The van der Waals surface area contributed by atoms with Gasteiger partial charge in [0.1, 0.15) is 5.69 Å². The molecule has 0 radical (unpaired) electrons. The third-order valence-corrected chi connectivity index (χ3v) is 5.19. The van der Waals surface area contributed by atoms with Crippen molar-refractivity contribution in [2.45, 2.75) is 0 Å². The second-order valence-electron chi connectivity index (χ2n) is 7.10. The molecule has 8 heteroatoms. The number of nitrogens with one attached hydrogen (secondary N) is 1. The number of anilines is 1. The zero-order valence-corrected chi connectivity index (χ0v) is 18.0. The van der Waals surface area contributed by atoms with E-state index in [0.717, 1.165) is 23.1 Å². The van der Waals surface area contributed by atoms with Gasteiger partial charge >= 0.3 is 0 Å². The van der Waals surface area contributed by atoms with Crippen LogP contribution in [0.15, 0.2) is 91.4 Å². The first-order valence-corrected chi connectivity index (χ1v) is 11.6. The zero-order chi connectivity index (χ0) is 22.6. The number of ketones is 1. The second kappa shape index (κ2) is 8.99. The van der Waals surface area contributed by atoms with Crippen molar-refractivity contribution in [2.24, 2.45) is 0 Å². The van der Waals surface area contributed by atoms with Crippen molar-refractivity contribution in [1.29, 1.82) is 0 Å². The van der Waals surface area contributed by atoms with Crippen molar-refractivity contribution < 1.29 is 13.2 Å². The third-order valence-electron chi connectivity index (χ3n) is 4.59. The van der Waals surface area contributed by atoms with Crippen LogP contribution in [-0.4, -0.2) is 35.2 Å². The average Bonchev–Trinajstić information content (AvgIpc) is 3.22. The van der Waals surface area contributed by atoms with Crippen LogP contribution < -0.4 is 4.72 Å². The van der Waals surface area contributed by atoms with Gasteiger partial charge in [0.15, 0.2) is 5.78 Å². The van der Waals surface area contributed by atoms with E-state index in [4.69, 9.17) is 5.10 Å². The molecule has 0 amide bonds. The summed E-state index contributed by atoms with van der Waals surface area (Å²) in [6.45, 7) is 0. The van der Waals surface area contributed by atoms with E-state index in [1.54, 1.807) is 47.4 Å². The summed E-state index contributed by atoms with van der Waals surface area (Å²) in [6, 6.07) is 19.7. The van der Waals surface area contributed by atoms with Gasteiger partial charge in [0.05, 0.1) is 11.9 Å². The molecule has 2 heterocycles. The maximum absolute atomic E-state index is 12.7. The minimum Gasteiger partial charge on any atom is -0.289 e. The number of sulfonamides is 1. The van der Waals surface area contributed by atoms with Gasteiger partial charge in [-0.2, -0.15) is 5.10 Å². The highest BCUT2D eigenvalue weighted by molar-refractivity contribution is 7.92. The van der Waals surface area contributed by atoms with Crippen LogP contribution in [0, 0.1) is 0 Å². The topological polar surface area (TPSA) is 94.0 Å². The number of allylic oxidation sites excluding steroid dienone is 1. The minimum atomic E-state index is -3.37. The molecule has 0 bridgehead atoms. The van der Waals surface area contributed by atoms with Crippen LogP contribution in [0.4, 0.5) is 5.69 Å². The summed E-state index contributed by atoms with van der Waals surface area (Å²) in [5.41, 5.74) is 4.06. The maximum Gasteiger partial charge on any atom is 0.229 e. The van der Waals surface area contributed by atoms with Crippen LogP contribution in [0.2, 0.25) is 0 Å².